The third-order valence-corrected chi connectivity index (χ3v) is 5.88. The van der Waals surface area contributed by atoms with Crippen molar-refractivity contribution in [2.24, 2.45) is 0 Å². The van der Waals surface area contributed by atoms with Gasteiger partial charge >= 0.3 is 0 Å². The van der Waals surface area contributed by atoms with Crippen molar-refractivity contribution < 1.29 is 4.79 Å². The van der Waals surface area contributed by atoms with Gasteiger partial charge in [0, 0.05) is 42.7 Å². The van der Waals surface area contributed by atoms with Crippen LogP contribution in [-0.2, 0) is 17.8 Å². The van der Waals surface area contributed by atoms with E-state index in [4.69, 9.17) is 4.98 Å². The summed E-state index contributed by atoms with van der Waals surface area (Å²) < 4.78 is 0. The highest BCUT2D eigenvalue weighted by Crippen LogP contribution is 2.23. The summed E-state index contributed by atoms with van der Waals surface area (Å²) in [5.74, 6) is 0.112. The average Bonchev–Trinajstić information content (AvgIpc) is 3.11. The molecular weight excluding hydrogens is 380 g/mol. The van der Waals surface area contributed by atoms with Crippen LogP contribution in [0.5, 0.6) is 0 Å². The van der Waals surface area contributed by atoms with Crippen molar-refractivity contribution in [3.8, 4) is 11.3 Å². The molecule has 0 bridgehead atoms. The Kier molecular flexibility index (Phi) is 7.44. The van der Waals surface area contributed by atoms with Crippen LogP contribution in [-0.4, -0.2) is 59.0 Å². The quantitative estimate of drug-likeness (QED) is 0.749. The third-order valence-electron chi connectivity index (χ3n) is 5.05. The minimum absolute atomic E-state index is 0.112. The normalized spacial score (nSPS) is 16.1. The summed E-state index contributed by atoms with van der Waals surface area (Å²) in [5, 5.41) is 6.37. The van der Waals surface area contributed by atoms with Crippen molar-refractivity contribution in [2.75, 3.05) is 32.7 Å². The molecule has 29 heavy (non-hydrogen) atoms. The Morgan fingerprint density at radius 2 is 1.76 bits per heavy atom. The first-order valence-electron chi connectivity index (χ1n) is 10.6. The van der Waals surface area contributed by atoms with Crippen LogP contribution in [0.2, 0.25) is 0 Å². The number of benzene rings is 1. The van der Waals surface area contributed by atoms with Gasteiger partial charge in [-0.1, -0.05) is 37.6 Å². The zero-order valence-corrected chi connectivity index (χ0v) is 19.0. The van der Waals surface area contributed by atoms with Gasteiger partial charge in [-0.15, -0.1) is 11.3 Å². The number of amides is 1. The van der Waals surface area contributed by atoms with Crippen molar-refractivity contribution >= 4 is 17.2 Å². The van der Waals surface area contributed by atoms with Gasteiger partial charge in [-0.3, -0.25) is 14.6 Å². The van der Waals surface area contributed by atoms with Crippen molar-refractivity contribution in [3.63, 3.8) is 0 Å². The fraction of sp³-hybridized carbons (Fsp3) is 0.565. The number of nitrogens with zero attached hydrogens (tertiary/aromatic N) is 3. The Labute approximate surface area is 179 Å². The van der Waals surface area contributed by atoms with Gasteiger partial charge in [0.25, 0.3) is 0 Å². The molecule has 1 N–H and O–H groups in total. The summed E-state index contributed by atoms with van der Waals surface area (Å²) in [5.41, 5.74) is 3.49. The van der Waals surface area contributed by atoms with Crippen LogP contribution in [0.1, 0.15) is 44.7 Å². The van der Waals surface area contributed by atoms with Crippen LogP contribution in [0.15, 0.2) is 29.6 Å². The van der Waals surface area contributed by atoms with Crippen LogP contribution >= 0.6 is 11.3 Å². The van der Waals surface area contributed by atoms with Gasteiger partial charge in [-0.25, -0.2) is 4.98 Å². The average molecular weight is 415 g/mol. The molecule has 6 heteroatoms. The summed E-state index contributed by atoms with van der Waals surface area (Å²) in [6.07, 6.45) is 2.31. The topological polar surface area (TPSA) is 48.5 Å². The molecule has 1 aliphatic rings. The van der Waals surface area contributed by atoms with Gasteiger partial charge < -0.3 is 5.32 Å². The van der Waals surface area contributed by atoms with E-state index < -0.39 is 0 Å². The molecule has 0 radical (unpaired) electrons. The van der Waals surface area contributed by atoms with Crippen LogP contribution in [0, 0.1) is 0 Å². The second kappa shape index (κ2) is 9.83. The van der Waals surface area contributed by atoms with Crippen molar-refractivity contribution in [1.29, 1.82) is 0 Å². The number of aromatic nitrogens is 1. The summed E-state index contributed by atoms with van der Waals surface area (Å²) >= 11 is 1.74. The highest BCUT2D eigenvalue weighted by molar-refractivity contribution is 7.09. The monoisotopic (exact) mass is 414 g/mol. The SMILES string of the molecule is CCCc1ccc(-c2csc(CN3CCN(CC(=O)NC(C)(C)C)CC3)n2)cc1. The molecule has 2 aromatic rings. The number of aryl methyl sites for hydroxylation is 1. The molecule has 0 atom stereocenters. The highest BCUT2D eigenvalue weighted by atomic mass is 32.1. The lowest BCUT2D eigenvalue weighted by Crippen LogP contribution is -2.51. The molecular formula is C23H34N4OS. The van der Waals surface area contributed by atoms with Gasteiger partial charge in [-0.2, -0.15) is 0 Å². The van der Waals surface area contributed by atoms with E-state index in [1.165, 1.54) is 17.5 Å². The summed E-state index contributed by atoms with van der Waals surface area (Å²) in [6.45, 7) is 13.4. The number of hydrogen-bond donors (Lipinski definition) is 1. The van der Waals surface area contributed by atoms with Crippen LogP contribution in [0.4, 0.5) is 0 Å². The standard InChI is InChI=1S/C23H34N4OS/c1-5-6-18-7-9-19(10-8-18)20-17-29-22(24-20)16-27-13-11-26(12-14-27)15-21(28)25-23(2,3)4/h7-10,17H,5-6,11-16H2,1-4H3,(H,25,28). The van der Waals surface area contributed by atoms with E-state index in [0.717, 1.165) is 49.8 Å². The number of piperazine rings is 1. The summed E-state index contributed by atoms with van der Waals surface area (Å²) in [7, 11) is 0. The molecule has 0 saturated carbocycles. The maximum Gasteiger partial charge on any atom is 0.234 e. The van der Waals surface area contributed by atoms with Gasteiger partial charge in [0.1, 0.15) is 5.01 Å². The van der Waals surface area contributed by atoms with Gasteiger partial charge in [0.2, 0.25) is 5.91 Å². The fourth-order valence-corrected chi connectivity index (χ4v) is 4.45. The molecule has 3 rings (SSSR count). The van der Waals surface area contributed by atoms with E-state index in [0.29, 0.717) is 6.54 Å². The van der Waals surface area contributed by atoms with E-state index in [2.05, 4.69) is 51.7 Å². The van der Waals surface area contributed by atoms with Crippen LogP contribution < -0.4 is 5.32 Å². The van der Waals surface area contributed by atoms with Crippen molar-refractivity contribution in [3.05, 3.63) is 40.2 Å². The lowest BCUT2D eigenvalue weighted by molar-refractivity contribution is -0.124. The molecule has 0 unspecified atom stereocenters. The molecule has 158 valence electrons. The molecule has 2 heterocycles. The Balaban J connectivity index is 1.47. The molecule has 1 saturated heterocycles. The third kappa shape index (κ3) is 6.91. The maximum absolute atomic E-state index is 12.1. The lowest BCUT2D eigenvalue weighted by atomic mass is 10.1. The first kappa shape index (κ1) is 21.9. The van der Waals surface area contributed by atoms with Crippen molar-refractivity contribution in [1.82, 2.24) is 20.1 Å². The number of hydrogen-bond acceptors (Lipinski definition) is 5. The number of rotatable bonds is 7. The maximum atomic E-state index is 12.1. The number of nitrogens with one attached hydrogen (secondary N) is 1. The molecule has 0 spiro atoms. The Hall–Kier alpha value is -1.76. The smallest absolute Gasteiger partial charge is 0.234 e. The largest absolute Gasteiger partial charge is 0.350 e. The number of carbonyl (C=O) groups is 1. The van der Waals surface area contributed by atoms with Crippen LogP contribution in [0.25, 0.3) is 11.3 Å². The van der Waals surface area contributed by atoms with Gasteiger partial charge in [-0.05, 0) is 32.8 Å². The molecule has 5 nitrogen and oxygen atoms in total. The predicted molar refractivity (Wildman–Crippen MR) is 121 cm³/mol. The van der Waals surface area contributed by atoms with Crippen LogP contribution in [0.3, 0.4) is 0 Å². The molecule has 1 amide bonds. The minimum Gasteiger partial charge on any atom is -0.350 e. The minimum atomic E-state index is -0.169. The zero-order chi connectivity index (χ0) is 20.9. The van der Waals surface area contributed by atoms with E-state index in [-0.39, 0.29) is 11.4 Å². The highest BCUT2D eigenvalue weighted by Gasteiger charge is 2.21. The predicted octanol–water partition coefficient (Wildman–Crippen LogP) is 3.79. The molecule has 1 aromatic heterocycles. The molecule has 1 aromatic carbocycles. The zero-order valence-electron chi connectivity index (χ0n) is 18.2. The summed E-state index contributed by atoms with van der Waals surface area (Å²) in [4.78, 5) is 21.7. The van der Waals surface area contributed by atoms with Gasteiger partial charge in [0.15, 0.2) is 0 Å². The van der Waals surface area contributed by atoms with Crippen molar-refractivity contribution in [2.45, 2.75) is 52.6 Å². The second-order valence-corrected chi connectivity index (χ2v) is 9.87. The molecule has 1 aliphatic heterocycles. The number of thiazole rings is 1. The lowest BCUT2D eigenvalue weighted by Gasteiger charge is -2.34. The molecule has 1 fully saturated rings. The first-order valence-corrected chi connectivity index (χ1v) is 11.5. The Morgan fingerprint density at radius 3 is 2.38 bits per heavy atom. The van der Waals surface area contributed by atoms with Gasteiger partial charge in [0.05, 0.1) is 18.8 Å². The molecule has 0 aliphatic carbocycles. The van der Waals surface area contributed by atoms with E-state index in [1.54, 1.807) is 11.3 Å². The Bertz CT molecular complexity index is 786. The second-order valence-electron chi connectivity index (χ2n) is 8.92. The fourth-order valence-electron chi connectivity index (χ4n) is 3.60. The van der Waals surface area contributed by atoms with E-state index in [9.17, 15) is 4.79 Å². The summed E-state index contributed by atoms with van der Waals surface area (Å²) in [6, 6.07) is 8.80. The van der Waals surface area contributed by atoms with E-state index >= 15 is 0 Å². The van der Waals surface area contributed by atoms with E-state index in [1.807, 2.05) is 20.8 Å². The Morgan fingerprint density at radius 1 is 1.10 bits per heavy atom. The number of carbonyl (C=O) groups excluding carboxylic acids is 1. The first-order chi connectivity index (χ1) is 13.8.